The first-order valence-electron chi connectivity index (χ1n) is 11.8. The van der Waals surface area contributed by atoms with Crippen molar-refractivity contribution in [1.82, 2.24) is 15.3 Å². The molecule has 0 bridgehead atoms. The van der Waals surface area contributed by atoms with Gasteiger partial charge in [0.15, 0.2) is 5.72 Å². The Hall–Kier alpha value is -2.80. The minimum Gasteiger partial charge on any atom is -0.497 e. The van der Waals surface area contributed by atoms with Gasteiger partial charge in [0.1, 0.15) is 11.5 Å². The maximum atomic E-state index is 6.81. The van der Waals surface area contributed by atoms with Crippen LogP contribution in [0, 0.1) is 0 Å². The summed E-state index contributed by atoms with van der Waals surface area (Å²) in [6.45, 7) is 2.96. The SMILES string of the molecule is COc1ccc(C2=CC3c4cc(Br)ccc4OC4(CCN(Cc5ccccc5)CC4)N3N2)cc1. The van der Waals surface area contributed by atoms with Gasteiger partial charge in [-0.1, -0.05) is 46.3 Å². The van der Waals surface area contributed by atoms with Crippen LogP contribution >= 0.6 is 15.9 Å². The van der Waals surface area contributed by atoms with Crippen molar-refractivity contribution in [2.45, 2.75) is 31.2 Å². The fourth-order valence-corrected chi connectivity index (χ4v) is 5.71. The number of methoxy groups -OCH3 is 1. The molecule has 3 aromatic rings. The minimum absolute atomic E-state index is 0.110. The number of benzene rings is 3. The first-order chi connectivity index (χ1) is 16.6. The standard InChI is InChI=1S/C28H28BrN3O2/c1-33-23-10-7-21(8-11-23)25-18-26-24-17-22(29)9-12-27(24)34-28(32(26)30-25)13-15-31(16-14-28)19-20-5-3-2-4-6-20/h2-12,17-18,26,30H,13-16,19H2,1H3. The highest BCUT2D eigenvalue weighted by Gasteiger charge is 2.51. The highest BCUT2D eigenvalue weighted by Crippen LogP contribution is 2.49. The van der Waals surface area contributed by atoms with Gasteiger partial charge in [-0.3, -0.25) is 4.90 Å². The molecule has 0 aromatic heterocycles. The molecule has 1 N–H and O–H groups in total. The van der Waals surface area contributed by atoms with Gasteiger partial charge in [-0.05, 0) is 59.7 Å². The molecule has 0 radical (unpaired) electrons. The summed E-state index contributed by atoms with van der Waals surface area (Å²) in [6.07, 6.45) is 4.19. The Balaban J connectivity index is 1.29. The minimum atomic E-state index is -0.386. The number of nitrogens with one attached hydrogen (secondary N) is 1. The third-order valence-electron chi connectivity index (χ3n) is 7.16. The Morgan fingerprint density at radius 1 is 1.03 bits per heavy atom. The number of rotatable bonds is 4. The van der Waals surface area contributed by atoms with Crippen molar-refractivity contribution in [3.63, 3.8) is 0 Å². The van der Waals surface area contributed by atoms with E-state index >= 15 is 0 Å². The second-order valence-electron chi connectivity index (χ2n) is 9.23. The van der Waals surface area contributed by atoms with Crippen LogP contribution in [0.15, 0.2) is 83.3 Å². The molecule has 3 heterocycles. The van der Waals surface area contributed by atoms with E-state index in [9.17, 15) is 0 Å². The molecule has 3 aromatic carbocycles. The van der Waals surface area contributed by atoms with Gasteiger partial charge < -0.3 is 14.9 Å². The van der Waals surface area contributed by atoms with Crippen LogP contribution in [-0.4, -0.2) is 35.8 Å². The lowest BCUT2D eigenvalue weighted by molar-refractivity contribution is -0.160. The van der Waals surface area contributed by atoms with Crippen molar-refractivity contribution in [1.29, 1.82) is 0 Å². The summed E-state index contributed by atoms with van der Waals surface area (Å²) < 4.78 is 13.2. The lowest BCUT2D eigenvalue weighted by atomic mass is 9.92. The molecule has 0 amide bonds. The zero-order valence-electron chi connectivity index (χ0n) is 19.2. The Labute approximate surface area is 209 Å². The van der Waals surface area contributed by atoms with E-state index in [-0.39, 0.29) is 11.8 Å². The quantitative estimate of drug-likeness (QED) is 0.477. The third kappa shape index (κ3) is 3.90. The predicted octanol–water partition coefficient (Wildman–Crippen LogP) is 5.74. The number of fused-ring (bicyclic) bond motifs is 4. The Morgan fingerprint density at radius 3 is 2.53 bits per heavy atom. The molecule has 6 rings (SSSR count). The van der Waals surface area contributed by atoms with E-state index in [0.29, 0.717) is 0 Å². The van der Waals surface area contributed by atoms with E-state index in [0.717, 1.165) is 59.7 Å². The molecule has 34 heavy (non-hydrogen) atoms. The predicted molar refractivity (Wildman–Crippen MR) is 137 cm³/mol. The summed E-state index contributed by atoms with van der Waals surface area (Å²) in [6, 6.07) is 25.4. The monoisotopic (exact) mass is 517 g/mol. The highest BCUT2D eigenvalue weighted by atomic mass is 79.9. The molecule has 1 fully saturated rings. The van der Waals surface area contributed by atoms with Crippen LogP contribution in [0.2, 0.25) is 0 Å². The van der Waals surface area contributed by atoms with Crippen LogP contribution in [0.4, 0.5) is 0 Å². The van der Waals surface area contributed by atoms with Gasteiger partial charge in [-0.2, -0.15) is 5.01 Å². The molecule has 3 aliphatic rings. The van der Waals surface area contributed by atoms with Gasteiger partial charge in [0.2, 0.25) is 0 Å². The van der Waals surface area contributed by atoms with Crippen LogP contribution < -0.4 is 14.9 Å². The maximum absolute atomic E-state index is 6.81. The van der Waals surface area contributed by atoms with Gasteiger partial charge in [-0.25, -0.2) is 0 Å². The van der Waals surface area contributed by atoms with Crippen molar-refractivity contribution < 1.29 is 9.47 Å². The molecular formula is C28H28BrN3O2. The fourth-order valence-electron chi connectivity index (χ4n) is 5.33. The summed E-state index contributed by atoms with van der Waals surface area (Å²) in [4.78, 5) is 2.53. The van der Waals surface area contributed by atoms with Crippen molar-refractivity contribution in [3.05, 3.63) is 100 Å². The summed E-state index contributed by atoms with van der Waals surface area (Å²) >= 11 is 3.65. The molecule has 1 unspecified atom stereocenters. The van der Waals surface area contributed by atoms with E-state index in [4.69, 9.17) is 9.47 Å². The first-order valence-corrected chi connectivity index (χ1v) is 12.6. The summed E-state index contributed by atoms with van der Waals surface area (Å²) in [5.74, 6) is 1.84. The molecule has 1 atom stereocenters. The van der Waals surface area contributed by atoms with Crippen LogP contribution in [0.1, 0.15) is 35.6 Å². The van der Waals surface area contributed by atoms with Gasteiger partial charge >= 0.3 is 0 Å². The lowest BCUT2D eigenvalue weighted by Crippen LogP contribution is -2.63. The van der Waals surface area contributed by atoms with Crippen LogP contribution in [-0.2, 0) is 6.54 Å². The van der Waals surface area contributed by atoms with Crippen LogP contribution in [0.25, 0.3) is 5.70 Å². The number of nitrogens with zero attached hydrogens (tertiary/aromatic N) is 2. The molecule has 3 aliphatic heterocycles. The third-order valence-corrected chi connectivity index (χ3v) is 7.65. The highest BCUT2D eigenvalue weighted by molar-refractivity contribution is 9.10. The van der Waals surface area contributed by atoms with E-state index in [1.54, 1.807) is 7.11 Å². The van der Waals surface area contributed by atoms with Crippen molar-refractivity contribution in [3.8, 4) is 11.5 Å². The van der Waals surface area contributed by atoms with Crippen LogP contribution in [0.5, 0.6) is 11.5 Å². The van der Waals surface area contributed by atoms with E-state index in [1.807, 2.05) is 12.1 Å². The molecule has 5 nitrogen and oxygen atoms in total. The zero-order valence-corrected chi connectivity index (χ0v) is 20.8. The second-order valence-corrected chi connectivity index (χ2v) is 10.1. The van der Waals surface area contributed by atoms with Gasteiger partial charge in [0.05, 0.1) is 18.8 Å². The van der Waals surface area contributed by atoms with E-state index < -0.39 is 0 Å². The Kier molecular flexibility index (Phi) is 5.60. The summed E-state index contributed by atoms with van der Waals surface area (Å²) in [7, 11) is 1.70. The van der Waals surface area contributed by atoms with Crippen molar-refractivity contribution >= 4 is 21.6 Å². The van der Waals surface area contributed by atoms with E-state index in [1.165, 1.54) is 11.1 Å². The summed E-state index contributed by atoms with van der Waals surface area (Å²) in [5, 5.41) is 2.35. The van der Waals surface area contributed by atoms with Crippen molar-refractivity contribution in [2.75, 3.05) is 20.2 Å². The molecule has 6 heteroatoms. The number of ether oxygens (including phenoxy) is 2. The fraction of sp³-hybridized carbons (Fsp3) is 0.286. The van der Waals surface area contributed by atoms with Gasteiger partial charge in [0, 0.05) is 42.5 Å². The molecule has 1 spiro atoms. The van der Waals surface area contributed by atoms with Crippen molar-refractivity contribution in [2.24, 2.45) is 0 Å². The molecule has 0 aliphatic carbocycles. The largest absolute Gasteiger partial charge is 0.497 e. The van der Waals surface area contributed by atoms with Crippen LogP contribution in [0.3, 0.4) is 0 Å². The zero-order chi connectivity index (χ0) is 23.1. The Bertz CT molecular complexity index is 1200. The summed E-state index contributed by atoms with van der Waals surface area (Å²) in [5.41, 5.74) is 8.13. The van der Waals surface area contributed by atoms with E-state index in [2.05, 4.69) is 98.0 Å². The molecule has 1 saturated heterocycles. The number of hydrogen-bond donors (Lipinski definition) is 1. The topological polar surface area (TPSA) is 37.0 Å². The maximum Gasteiger partial charge on any atom is 0.182 e. The average molecular weight is 518 g/mol. The lowest BCUT2D eigenvalue weighted by Gasteiger charge is -2.51. The number of halogens is 1. The number of likely N-dealkylation sites (tertiary alicyclic amines) is 1. The molecule has 174 valence electrons. The smallest absolute Gasteiger partial charge is 0.182 e. The number of hydrogen-bond acceptors (Lipinski definition) is 5. The second kappa shape index (κ2) is 8.77. The Morgan fingerprint density at radius 2 is 1.79 bits per heavy atom. The first kappa shape index (κ1) is 21.7. The molecular weight excluding hydrogens is 490 g/mol. The normalized spacial score (nSPS) is 21.2. The number of piperidine rings is 1. The van der Waals surface area contributed by atoms with Gasteiger partial charge in [-0.15, -0.1) is 0 Å². The average Bonchev–Trinajstić information content (AvgIpc) is 3.34. The van der Waals surface area contributed by atoms with Gasteiger partial charge in [0.25, 0.3) is 0 Å². The number of hydrazine groups is 1. The molecule has 0 saturated carbocycles.